The summed E-state index contributed by atoms with van der Waals surface area (Å²) in [5.74, 6) is 0. The summed E-state index contributed by atoms with van der Waals surface area (Å²) in [5, 5.41) is 0. The molecule has 2 heteroatoms. The summed E-state index contributed by atoms with van der Waals surface area (Å²) in [7, 11) is 0. The number of hydrogen-bond donors (Lipinski definition) is 0. The van der Waals surface area contributed by atoms with Crippen LogP contribution in [0.2, 0.25) is 0 Å². The summed E-state index contributed by atoms with van der Waals surface area (Å²) in [6, 6.07) is 10.1. The van der Waals surface area contributed by atoms with E-state index in [4.69, 9.17) is 9.47 Å². The molecule has 0 spiro atoms. The van der Waals surface area contributed by atoms with Gasteiger partial charge in [-0.05, 0) is 18.9 Å². The van der Waals surface area contributed by atoms with Gasteiger partial charge in [-0.25, -0.2) is 0 Å². The Labute approximate surface area is 92.2 Å². The van der Waals surface area contributed by atoms with E-state index in [1.54, 1.807) is 0 Å². The Kier molecular flexibility index (Phi) is 6.05. The van der Waals surface area contributed by atoms with E-state index in [2.05, 4.69) is 19.1 Å². The highest BCUT2D eigenvalue weighted by atomic mass is 16.7. The van der Waals surface area contributed by atoms with Crippen molar-refractivity contribution in [3.05, 3.63) is 35.9 Å². The van der Waals surface area contributed by atoms with Crippen molar-refractivity contribution >= 4 is 0 Å². The molecule has 0 N–H and O–H groups in total. The van der Waals surface area contributed by atoms with Crippen LogP contribution in [-0.2, 0) is 16.1 Å². The standard InChI is InChI=1S/C13H20O2/c1-3-4-10-14-12(2)15-11-13-8-6-5-7-9-13/h5-9,12H,3-4,10-11H2,1-2H3. The first kappa shape index (κ1) is 12.2. The van der Waals surface area contributed by atoms with Crippen LogP contribution in [-0.4, -0.2) is 12.9 Å². The molecule has 1 rings (SSSR count). The molecule has 0 heterocycles. The molecule has 0 saturated carbocycles. The van der Waals surface area contributed by atoms with Crippen molar-refractivity contribution in [1.29, 1.82) is 0 Å². The minimum atomic E-state index is -0.114. The van der Waals surface area contributed by atoms with Gasteiger partial charge in [0, 0.05) is 6.61 Å². The summed E-state index contributed by atoms with van der Waals surface area (Å²) < 4.78 is 11.0. The molecule has 0 radical (unpaired) electrons. The van der Waals surface area contributed by atoms with Crippen molar-refractivity contribution in [2.75, 3.05) is 6.61 Å². The molecule has 0 aliphatic rings. The Balaban J connectivity index is 2.14. The van der Waals surface area contributed by atoms with Crippen LogP contribution in [0.4, 0.5) is 0 Å². The minimum absolute atomic E-state index is 0.114. The second kappa shape index (κ2) is 7.43. The van der Waals surface area contributed by atoms with Crippen LogP contribution in [0.15, 0.2) is 30.3 Å². The topological polar surface area (TPSA) is 18.5 Å². The summed E-state index contributed by atoms with van der Waals surface area (Å²) in [6.07, 6.45) is 2.14. The van der Waals surface area contributed by atoms with Gasteiger partial charge >= 0.3 is 0 Å². The van der Waals surface area contributed by atoms with Crippen molar-refractivity contribution < 1.29 is 9.47 Å². The molecule has 15 heavy (non-hydrogen) atoms. The lowest BCUT2D eigenvalue weighted by atomic mass is 10.2. The molecule has 0 amide bonds. The third-order valence-corrected chi connectivity index (χ3v) is 2.18. The molecule has 0 fully saturated rings. The van der Waals surface area contributed by atoms with Gasteiger partial charge < -0.3 is 9.47 Å². The van der Waals surface area contributed by atoms with Crippen LogP contribution < -0.4 is 0 Å². The lowest BCUT2D eigenvalue weighted by molar-refractivity contribution is -0.138. The smallest absolute Gasteiger partial charge is 0.155 e. The number of hydrogen-bond acceptors (Lipinski definition) is 2. The Bertz CT molecular complexity index is 246. The fraction of sp³-hybridized carbons (Fsp3) is 0.538. The SMILES string of the molecule is CCCCOC(C)OCc1ccccc1. The second-order valence-corrected chi connectivity index (χ2v) is 3.59. The first-order valence-electron chi connectivity index (χ1n) is 5.60. The van der Waals surface area contributed by atoms with Crippen molar-refractivity contribution in [3.63, 3.8) is 0 Å². The van der Waals surface area contributed by atoms with Gasteiger partial charge in [-0.15, -0.1) is 0 Å². The molecular weight excluding hydrogens is 188 g/mol. The van der Waals surface area contributed by atoms with Crippen LogP contribution in [0.3, 0.4) is 0 Å². The van der Waals surface area contributed by atoms with E-state index in [-0.39, 0.29) is 6.29 Å². The van der Waals surface area contributed by atoms with Gasteiger partial charge in [0.25, 0.3) is 0 Å². The lowest BCUT2D eigenvalue weighted by Gasteiger charge is -2.13. The van der Waals surface area contributed by atoms with Crippen LogP contribution in [0.5, 0.6) is 0 Å². The molecule has 1 aromatic carbocycles. The molecule has 1 atom stereocenters. The second-order valence-electron chi connectivity index (χ2n) is 3.59. The summed E-state index contributed by atoms with van der Waals surface area (Å²) in [5.41, 5.74) is 1.18. The average molecular weight is 208 g/mol. The number of ether oxygens (including phenoxy) is 2. The van der Waals surface area contributed by atoms with E-state index in [9.17, 15) is 0 Å². The fourth-order valence-corrected chi connectivity index (χ4v) is 1.23. The van der Waals surface area contributed by atoms with Crippen LogP contribution in [0, 0.1) is 0 Å². The molecule has 2 nitrogen and oxygen atoms in total. The first-order chi connectivity index (χ1) is 7.33. The molecule has 0 saturated heterocycles. The quantitative estimate of drug-likeness (QED) is 0.505. The predicted octanol–water partition coefficient (Wildman–Crippen LogP) is 3.37. The van der Waals surface area contributed by atoms with Gasteiger partial charge in [-0.1, -0.05) is 43.7 Å². The predicted molar refractivity (Wildman–Crippen MR) is 61.6 cm³/mol. The van der Waals surface area contributed by atoms with Gasteiger partial charge in [0.1, 0.15) is 0 Å². The zero-order valence-corrected chi connectivity index (χ0v) is 9.61. The molecule has 1 unspecified atom stereocenters. The largest absolute Gasteiger partial charge is 0.353 e. The van der Waals surface area contributed by atoms with Gasteiger partial charge in [-0.2, -0.15) is 0 Å². The van der Waals surface area contributed by atoms with E-state index >= 15 is 0 Å². The highest BCUT2D eigenvalue weighted by molar-refractivity contribution is 5.13. The molecule has 0 aliphatic heterocycles. The highest BCUT2D eigenvalue weighted by Gasteiger charge is 2.01. The monoisotopic (exact) mass is 208 g/mol. The third-order valence-electron chi connectivity index (χ3n) is 2.18. The van der Waals surface area contributed by atoms with Gasteiger partial charge in [-0.3, -0.25) is 0 Å². The van der Waals surface area contributed by atoms with Crippen LogP contribution in [0.25, 0.3) is 0 Å². The maximum Gasteiger partial charge on any atom is 0.155 e. The van der Waals surface area contributed by atoms with Crippen molar-refractivity contribution in [1.82, 2.24) is 0 Å². The maximum atomic E-state index is 5.55. The highest BCUT2D eigenvalue weighted by Crippen LogP contribution is 2.04. The molecule has 0 aromatic heterocycles. The van der Waals surface area contributed by atoms with E-state index in [1.165, 1.54) is 5.56 Å². The number of benzene rings is 1. The van der Waals surface area contributed by atoms with Gasteiger partial charge in [0.05, 0.1) is 6.61 Å². The Morgan fingerprint density at radius 3 is 2.53 bits per heavy atom. The molecule has 1 aromatic rings. The van der Waals surface area contributed by atoms with E-state index in [0.717, 1.165) is 19.4 Å². The lowest BCUT2D eigenvalue weighted by Crippen LogP contribution is -2.13. The zero-order valence-electron chi connectivity index (χ0n) is 9.61. The van der Waals surface area contributed by atoms with Crippen LogP contribution in [0.1, 0.15) is 32.3 Å². The van der Waals surface area contributed by atoms with E-state index < -0.39 is 0 Å². The molecule has 84 valence electrons. The molecule has 0 bridgehead atoms. The molecule has 0 aliphatic carbocycles. The Morgan fingerprint density at radius 2 is 1.87 bits per heavy atom. The van der Waals surface area contributed by atoms with Gasteiger partial charge in [0.15, 0.2) is 6.29 Å². The van der Waals surface area contributed by atoms with E-state index in [0.29, 0.717) is 6.61 Å². The average Bonchev–Trinajstić information content (AvgIpc) is 2.28. The zero-order chi connectivity index (χ0) is 10.9. The van der Waals surface area contributed by atoms with Crippen molar-refractivity contribution in [2.45, 2.75) is 39.6 Å². The number of rotatable bonds is 7. The first-order valence-corrected chi connectivity index (χ1v) is 5.60. The fourth-order valence-electron chi connectivity index (χ4n) is 1.23. The van der Waals surface area contributed by atoms with Gasteiger partial charge in [0.2, 0.25) is 0 Å². The van der Waals surface area contributed by atoms with Crippen molar-refractivity contribution in [3.8, 4) is 0 Å². The normalized spacial score (nSPS) is 12.7. The van der Waals surface area contributed by atoms with E-state index in [1.807, 2.05) is 25.1 Å². The summed E-state index contributed by atoms with van der Waals surface area (Å²) >= 11 is 0. The maximum absolute atomic E-state index is 5.55. The summed E-state index contributed by atoms with van der Waals surface area (Å²) in [4.78, 5) is 0. The van der Waals surface area contributed by atoms with Crippen LogP contribution >= 0.6 is 0 Å². The Hall–Kier alpha value is -0.860. The summed E-state index contributed by atoms with van der Waals surface area (Å²) in [6.45, 7) is 5.50. The third kappa shape index (κ3) is 5.55. The minimum Gasteiger partial charge on any atom is -0.353 e. The molecular formula is C13H20O2. The van der Waals surface area contributed by atoms with Crippen molar-refractivity contribution in [2.24, 2.45) is 0 Å². The Morgan fingerprint density at radius 1 is 1.13 bits per heavy atom. The number of unbranched alkanes of at least 4 members (excludes halogenated alkanes) is 1.